The molecule has 9 heteroatoms. The quantitative estimate of drug-likeness (QED) is 0.662. The van der Waals surface area contributed by atoms with Crippen LogP contribution in [0.2, 0.25) is 0 Å². The molecule has 1 atom stereocenters. The van der Waals surface area contributed by atoms with Gasteiger partial charge >= 0.3 is 6.18 Å². The lowest BCUT2D eigenvalue weighted by molar-refractivity contribution is -0.153. The van der Waals surface area contributed by atoms with Gasteiger partial charge in [0.2, 0.25) is 5.91 Å². The molecule has 0 aromatic heterocycles. The summed E-state index contributed by atoms with van der Waals surface area (Å²) in [6.07, 6.45) is -4.40. The summed E-state index contributed by atoms with van der Waals surface area (Å²) in [4.78, 5) is 24.2. The third-order valence-electron chi connectivity index (χ3n) is 3.64. The van der Waals surface area contributed by atoms with Crippen molar-refractivity contribution in [2.75, 3.05) is 6.61 Å². The van der Waals surface area contributed by atoms with Crippen molar-refractivity contribution in [3.05, 3.63) is 64.1 Å². The minimum absolute atomic E-state index is 0.0857. The number of rotatable bonds is 7. The Hall–Kier alpha value is -2.55. The Morgan fingerprint density at radius 3 is 2.25 bits per heavy atom. The van der Waals surface area contributed by atoms with Crippen molar-refractivity contribution >= 4 is 27.7 Å². The third-order valence-corrected chi connectivity index (χ3v) is 4.17. The summed E-state index contributed by atoms with van der Waals surface area (Å²) in [5.74, 6) is -0.674. The maximum Gasteiger partial charge on any atom is 0.422 e. The topological polar surface area (TPSA) is 67.4 Å². The van der Waals surface area contributed by atoms with E-state index >= 15 is 0 Å². The van der Waals surface area contributed by atoms with Crippen LogP contribution in [0, 0.1) is 0 Å². The van der Waals surface area contributed by atoms with E-state index in [9.17, 15) is 22.8 Å². The van der Waals surface area contributed by atoms with E-state index in [0.29, 0.717) is 11.1 Å². The molecule has 5 nitrogen and oxygen atoms in total. The Morgan fingerprint density at radius 2 is 1.68 bits per heavy atom. The zero-order valence-electron chi connectivity index (χ0n) is 14.8. The summed E-state index contributed by atoms with van der Waals surface area (Å²) in [5.41, 5.74) is 1.11. The number of hydrogen-bond donors (Lipinski definition) is 2. The molecule has 0 aliphatic rings. The van der Waals surface area contributed by atoms with Crippen LogP contribution in [0.5, 0.6) is 5.75 Å². The molecule has 0 aliphatic heterocycles. The Kier molecular flexibility index (Phi) is 7.45. The van der Waals surface area contributed by atoms with Crippen LogP contribution in [0.4, 0.5) is 13.2 Å². The fraction of sp³-hybridized carbons (Fsp3) is 0.263. The van der Waals surface area contributed by atoms with Gasteiger partial charge in [-0.3, -0.25) is 9.59 Å². The van der Waals surface area contributed by atoms with Crippen molar-refractivity contribution in [1.82, 2.24) is 10.6 Å². The second-order valence-corrected chi connectivity index (χ2v) is 6.88. The number of carbonyl (C=O) groups excluding carboxylic acids is 2. The number of carbonyl (C=O) groups is 2. The second-order valence-electron chi connectivity index (χ2n) is 5.97. The molecule has 2 amide bonds. The first kappa shape index (κ1) is 21.7. The molecule has 0 radical (unpaired) electrons. The lowest BCUT2D eigenvalue weighted by atomic mass is 10.2. The molecule has 0 fully saturated rings. The molecule has 0 saturated heterocycles. The summed E-state index contributed by atoms with van der Waals surface area (Å²) in [6, 6.07) is 11.8. The van der Waals surface area contributed by atoms with Crippen molar-refractivity contribution in [1.29, 1.82) is 0 Å². The van der Waals surface area contributed by atoms with E-state index in [-0.39, 0.29) is 24.1 Å². The van der Waals surface area contributed by atoms with E-state index in [2.05, 4.69) is 31.3 Å². The lowest BCUT2D eigenvalue weighted by Crippen LogP contribution is -2.44. The van der Waals surface area contributed by atoms with Gasteiger partial charge in [0.25, 0.3) is 5.91 Å². The van der Waals surface area contributed by atoms with Crippen LogP contribution in [0.15, 0.2) is 53.0 Å². The monoisotopic (exact) mass is 458 g/mol. The molecule has 2 N–H and O–H groups in total. The van der Waals surface area contributed by atoms with Crippen LogP contribution < -0.4 is 15.4 Å². The van der Waals surface area contributed by atoms with Crippen LogP contribution in [0.25, 0.3) is 0 Å². The molecule has 2 rings (SSSR count). The predicted octanol–water partition coefficient (Wildman–Crippen LogP) is 3.82. The highest BCUT2D eigenvalue weighted by molar-refractivity contribution is 9.10. The maximum atomic E-state index is 12.1. The third kappa shape index (κ3) is 7.22. The largest absolute Gasteiger partial charge is 0.484 e. The zero-order valence-corrected chi connectivity index (χ0v) is 16.4. The van der Waals surface area contributed by atoms with Gasteiger partial charge in [0.05, 0.1) is 0 Å². The average Bonchev–Trinajstić information content (AvgIpc) is 2.65. The van der Waals surface area contributed by atoms with Gasteiger partial charge in [-0.2, -0.15) is 13.2 Å². The first-order valence-corrected chi connectivity index (χ1v) is 9.06. The van der Waals surface area contributed by atoms with E-state index in [4.69, 9.17) is 0 Å². The summed E-state index contributed by atoms with van der Waals surface area (Å²) in [6.45, 7) is 0.357. The maximum absolute atomic E-state index is 12.1. The molecule has 0 spiro atoms. The van der Waals surface area contributed by atoms with Crippen molar-refractivity contribution in [3.8, 4) is 5.75 Å². The van der Waals surface area contributed by atoms with Crippen molar-refractivity contribution < 1.29 is 27.5 Å². The number of amides is 2. The van der Waals surface area contributed by atoms with Gasteiger partial charge < -0.3 is 15.4 Å². The highest BCUT2D eigenvalue weighted by Gasteiger charge is 2.28. The SMILES string of the molecule is CC(NC(=O)c1ccc(Br)cc1)C(=O)NCc1ccc(OCC(F)(F)F)cc1. The normalized spacial score (nSPS) is 12.2. The minimum atomic E-state index is -4.40. The molecule has 0 aliphatic carbocycles. The molecule has 0 saturated carbocycles. The Labute approximate surface area is 168 Å². The van der Waals surface area contributed by atoms with Gasteiger partial charge in [0.15, 0.2) is 6.61 Å². The number of hydrogen-bond acceptors (Lipinski definition) is 3. The Balaban J connectivity index is 1.80. The first-order valence-electron chi connectivity index (χ1n) is 8.27. The molecular weight excluding hydrogens is 441 g/mol. The molecule has 1 unspecified atom stereocenters. The second kappa shape index (κ2) is 9.59. The molecule has 150 valence electrons. The summed E-state index contributed by atoms with van der Waals surface area (Å²) in [5, 5.41) is 5.26. The van der Waals surface area contributed by atoms with Gasteiger partial charge in [-0.25, -0.2) is 0 Å². The van der Waals surface area contributed by atoms with Crippen molar-refractivity contribution in [2.45, 2.75) is 25.7 Å². The lowest BCUT2D eigenvalue weighted by Gasteiger charge is -2.14. The molecule has 2 aromatic carbocycles. The zero-order chi connectivity index (χ0) is 20.7. The standard InChI is InChI=1S/C19H18BrF3N2O3/c1-12(25-18(27)14-4-6-15(20)7-5-14)17(26)24-10-13-2-8-16(9-3-13)28-11-19(21,22)23/h2-9,12H,10-11H2,1H3,(H,24,26)(H,25,27). The van der Waals surface area contributed by atoms with Crippen LogP contribution in [0.3, 0.4) is 0 Å². The van der Waals surface area contributed by atoms with Gasteiger partial charge in [-0.05, 0) is 48.9 Å². The van der Waals surface area contributed by atoms with Gasteiger partial charge in [0.1, 0.15) is 11.8 Å². The molecule has 28 heavy (non-hydrogen) atoms. The number of benzene rings is 2. The number of halogens is 4. The van der Waals surface area contributed by atoms with E-state index in [0.717, 1.165) is 4.47 Å². The first-order chi connectivity index (χ1) is 13.1. The van der Waals surface area contributed by atoms with Crippen molar-refractivity contribution in [3.63, 3.8) is 0 Å². The van der Waals surface area contributed by atoms with Crippen LogP contribution in [0.1, 0.15) is 22.8 Å². The van der Waals surface area contributed by atoms with E-state index < -0.39 is 18.8 Å². The fourth-order valence-electron chi connectivity index (χ4n) is 2.16. The number of ether oxygens (including phenoxy) is 1. The van der Waals surface area contributed by atoms with Crippen molar-refractivity contribution in [2.24, 2.45) is 0 Å². The minimum Gasteiger partial charge on any atom is -0.484 e. The smallest absolute Gasteiger partial charge is 0.422 e. The van der Waals surface area contributed by atoms with Gasteiger partial charge in [0, 0.05) is 16.6 Å². The van der Waals surface area contributed by atoms with Crippen LogP contribution in [-0.4, -0.2) is 30.6 Å². The van der Waals surface area contributed by atoms with Gasteiger partial charge in [-0.15, -0.1) is 0 Å². The van der Waals surface area contributed by atoms with Crippen LogP contribution in [-0.2, 0) is 11.3 Å². The highest BCUT2D eigenvalue weighted by Crippen LogP contribution is 2.18. The number of nitrogens with one attached hydrogen (secondary N) is 2. The average molecular weight is 459 g/mol. The van der Waals surface area contributed by atoms with E-state index in [1.54, 1.807) is 43.3 Å². The summed E-state index contributed by atoms with van der Waals surface area (Å²) < 4.78 is 41.8. The van der Waals surface area contributed by atoms with E-state index in [1.165, 1.54) is 12.1 Å². The molecule has 0 heterocycles. The molecule has 0 bridgehead atoms. The summed E-state index contributed by atoms with van der Waals surface area (Å²) in [7, 11) is 0. The Bertz CT molecular complexity index is 809. The summed E-state index contributed by atoms with van der Waals surface area (Å²) >= 11 is 3.28. The fourth-order valence-corrected chi connectivity index (χ4v) is 2.42. The van der Waals surface area contributed by atoms with Crippen LogP contribution >= 0.6 is 15.9 Å². The molecular formula is C19H18BrF3N2O3. The Morgan fingerprint density at radius 1 is 1.07 bits per heavy atom. The number of alkyl halides is 3. The highest BCUT2D eigenvalue weighted by atomic mass is 79.9. The van der Waals surface area contributed by atoms with Gasteiger partial charge in [-0.1, -0.05) is 28.1 Å². The molecule has 2 aromatic rings. The predicted molar refractivity (Wildman–Crippen MR) is 101 cm³/mol. The van der Waals surface area contributed by atoms with E-state index in [1.807, 2.05) is 0 Å².